The second kappa shape index (κ2) is 4.81. The molecule has 1 heterocycles. The zero-order valence-corrected chi connectivity index (χ0v) is 11.4. The molecule has 0 amide bonds. The Morgan fingerprint density at radius 1 is 1.21 bits per heavy atom. The first-order valence-corrected chi connectivity index (χ1v) is 6.58. The van der Waals surface area contributed by atoms with Crippen LogP contribution in [0.2, 0.25) is 0 Å². The average molecular weight is 326 g/mol. The van der Waals surface area contributed by atoms with Gasteiger partial charge in [0.1, 0.15) is 17.7 Å². The van der Waals surface area contributed by atoms with E-state index in [-0.39, 0.29) is 0 Å². The summed E-state index contributed by atoms with van der Waals surface area (Å²) in [7, 11) is 0. The molecule has 1 unspecified atom stereocenters. The molecule has 0 aliphatic carbocycles. The maximum Gasteiger partial charge on any atom is 0.157 e. The number of anilines is 1. The van der Waals surface area contributed by atoms with Gasteiger partial charge in [0.2, 0.25) is 0 Å². The van der Waals surface area contributed by atoms with Crippen molar-refractivity contribution in [2.45, 2.75) is 6.10 Å². The van der Waals surface area contributed by atoms with Gasteiger partial charge in [0.05, 0.1) is 16.7 Å². The van der Waals surface area contributed by atoms with Gasteiger partial charge >= 0.3 is 0 Å². The Bertz CT molecular complexity index is 633. The zero-order valence-electron chi connectivity index (χ0n) is 9.79. The van der Waals surface area contributed by atoms with Crippen LogP contribution < -0.4 is 10.1 Å². The van der Waals surface area contributed by atoms with Crippen LogP contribution in [0.1, 0.15) is 11.7 Å². The van der Waals surface area contributed by atoms with Gasteiger partial charge in [-0.25, -0.2) is 8.78 Å². The lowest BCUT2D eigenvalue weighted by Gasteiger charge is -2.28. The Morgan fingerprint density at radius 2 is 2.05 bits per heavy atom. The smallest absolute Gasteiger partial charge is 0.157 e. The molecule has 1 atom stereocenters. The van der Waals surface area contributed by atoms with Crippen molar-refractivity contribution in [2.24, 2.45) is 0 Å². The van der Waals surface area contributed by atoms with Gasteiger partial charge in [0.15, 0.2) is 5.75 Å². The van der Waals surface area contributed by atoms with E-state index in [2.05, 4.69) is 21.2 Å². The number of fused-ring (bicyclic) bond motifs is 1. The minimum atomic E-state index is -0.595. The number of para-hydroxylation sites is 1. The van der Waals surface area contributed by atoms with Gasteiger partial charge < -0.3 is 10.1 Å². The Balaban J connectivity index is 1.95. The standard InChI is InChI=1S/C14H10BrF2NO/c15-10-2-1-3-12-14(10)19-13(7-18-12)9-5-4-8(16)6-11(9)17/h1-6,13,18H,7H2. The lowest BCUT2D eigenvalue weighted by Crippen LogP contribution is -2.24. The summed E-state index contributed by atoms with van der Waals surface area (Å²) in [6.07, 6.45) is -0.480. The van der Waals surface area contributed by atoms with Crippen molar-refractivity contribution < 1.29 is 13.5 Å². The predicted octanol–water partition coefficient (Wildman–Crippen LogP) is 4.27. The maximum absolute atomic E-state index is 13.8. The number of rotatable bonds is 1. The van der Waals surface area contributed by atoms with Crippen molar-refractivity contribution in [3.63, 3.8) is 0 Å². The van der Waals surface area contributed by atoms with Gasteiger partial charge in [0.25, 0.3) is 0 Å². The fraction of sp³-hybridized carbons (Fsp3) is 0.143. The van der Waals surface area contributed by atoms with Crippen LogP contribution in [0.4, 0.5) is 14.5 Å². The lowest BCUT2D eigenvalue weighted by atomic mass is 10.1. The molecule has 19 heavy (non-hydrogen) atoms. The van der Waals surface area contributed by atoms with Gasteiger partial charge in [-0.3, -0.25) is 0 Å². The molecule has 0 saturated heterocycles. The van der Waals surface area contributed by atoms with E-state index in [1.54, 1.807) is 0 Å². The first-order valence-electron chi connectivity index (χ1n) is 5.79. The van der Waals surface area contributed by atoms with Crippen LogP contribution in [0, 0.1) is 11.6 Å². The largest absolute Gasteiger partial charge is 0.480 e. The lowest BCUT2D eigenvalue weighted by molar-refractivity contribution is 0.203. The van der Waals surface area contributed by atoms with Crippen LogP contribution in [-0.4, -0.2) is 6.54 Å². The number of hydrogen-bond donors (Lipinski definition) is 1. The van der Waals surface area contributed by atoms with E-state index < -0.39 is 17.7 Å². The highest BCUT2D eigenvalue weighted by molar-refractivity contribution is 9.10. The van der Waals surface area contributed by atoms with E-state index in [9.17, 15) is 8.78 Å². The molecule has 2 aromatic carbocycles. The summed E-state index contributed by atoms with van der Waals surface area (Å²) in [6.45, 7) is 0.437. The molecular weight excluding hydrogens is 316 g/mol. The van der Waals surface area contributed by atoms with Crippen LogP contribution in [0.15, 0.2) is 40.9 Å². The average Bonchev–Trinajstić information content (AvgIpc) is 2.39. The Labute approximate surface area is 117 Å². The Kier molecular flexibility index (Phi) is 3.14. The van der Waals surface area contributed by atoms with Gasteiger partial charge in [-0.2, -0.15) is 0 Å². The number of nitrogens with one attached hydrogen (secondary N) is 1. The quantitative estimate of drug-likeness (QED) is 0.845. The summed E-state index contributed by atoms with van der Waals surface area (Å²) in [5.41, 5.74) is 1.20. The Hall–Kier alpha value is -1.62. The van der Waals surface area contributed by atoms with Crippen LogP contribution in [0.5, 0.6) is 5.75 Å². The van der Waals surface area contributed by atoms with Crippen LogP contribution in [0.25, 0.3) is 0 Å². The highest BCUT2D eigenvalue weighted by Gasteiger charge is 2.25. The number of ether oxygens (including phenoxy) is 1. The van der Waals surface area contributed by atoms with Crippen LogP contribution in [-0.2, 0) is 0 Å². The van der Waals surface area contributed by atoms with Gasteiger partial charge in [-0.15, -0.1) is 0 Å². The summed E-state index contributed by atoms with van der Waals surface area (Å²) < 4.78 is 33.3. The van der Waals surface area contributed by atoms with E-state index >= 15 is 0 Å². The third-order valence-corrected chi connectivity index (χ3v) is 3.64. The van der Waals surface area contributed by atoms with E-state index in [4.69, 9.17) is 4.74 Å². The van der Waals surface area contributed by atoms with E-state index in [1.165, 1.54) is 12.1 Å². The van der Waals surface area contributed by atoms with Gasteiger partial charge in [-0.05, 0) is 40.2 Å². The molecule has 0 aromatic heterocycles. The number of halogens is 3. The molecular formula is C14H10BrF2NO. The highest BCUT2D eigenvalue weighted by atomic mass is 79.9. The third kappa shape index (κ3) is 2.30. The molecule has 5 heteroatoms. The van der Waals surface area contributed by atoms with Crippen LogP contribution in [0.3, 0.4) is 0 Å². The fourth-order valence-corrected chi connectivity index (χ4v) is 2.55. The summed E-state index contributed by atoms with van der Waals surface area (Å²) in [5, 5.41) is 3.18. The summed E-state index contributed by atoms with van der Waals surface area (Å²) in [4.78, 5) is 0. The fourth-order valence-electron chi connectivity index (χ4n) is 2.09. The minimum absolute atomic E-state index is 0.343. The topological polar surface area (TPSA) is 21.3 Å². The zero-order chi connectivity index (χ0) is 13.4. The van der Waals surface area contributed by atoms with E-state index in [1.807, 2.05) is 18.2 Å². The second-order valence-corrected chi connectivity index (χ2v) is 5.12. The molecule has 2 aromatic rings. The minimum Gasteiger partial charge on any atom is -0.480 e. The molecule has 0 fully saturated rings. The van der Waals surface area contributed by atoms with Crippen molar-refractivity contribution in [1.29, 1.82) is 0 Å². The van der Waals surface area contributed by atoms with Gasteiger partial charge in [-0.1, -0.05) is 6.07 Å². The first kappa shape index (κ1) is 12.4. The molecule has 1 aliphatic heterocycles. The number of benzene rings is 2. The summed E-state index contributed by atoms with van der Waals surface area (Å²) in [5.74, 6) is -0.545. The monoisotopic (exact) mass is 325 g/mol. The molecule has 2 nitrogen and oxygen atoms in total. The summed E-state index contributed by atoms with van der Waals surface area (Å²) in [6, 6.07) is 9.14. The molecule has 98 valence electrons. The van der Waals surface area contributed by atoms with Gasteiger partial charge in [0, 0.05) is 11.6 Å². The third-order valence-electron chi connectivity index (χ3n) is 3.01. The van der Waals surface area contributed by atoms with Crippen molar-refractivity contribution in [1.82, 2.24) is 0 Å². The SMILES string of the molecule is Fc1ccc(C2CNc3cccc(Br)c3O2)c(F)c1. The molecule has 3 rings (SSSR count). The van der Waals surface area contributed by atoms with Crippen molar-refractivity contribution in [3.05, 3.63) is 58.1 Å². The predicted molar refractivity (Wildman–Crippen MR) is 72.4 cm³/mol. The Morgan fingerprint density at radius 3 is 2.84 bits per heavy atom. The van der Waals surface area contributed by atoms with Crippen molar-refractivity contribution in [3.8, 4) is 5.75 Å². The molecule has 0 saturated carbocycles. The van der Waals surface area contributed by atoms with Crippen molar-refractivity contribution in [2.75, 3.05) is 11.9 Å². The second-order valence-electron chi connectivity index (χ2n) is 4.27. The maximum atomic E-state index is 13.8. The molecule has 0 spiro atoms. The highest BCUT2D eigenvalue weighted by Crippen LogP contribution is 2.40. The van der Waals surface area contributed by atoms with Crippen LogP contribution >= 0.6 is 15.9 Å². The molecule has 0 bridgehead atoms. The molecule has 0 radical (unpaired) electrons. The molecule has 1 aliphatic rings. The van der Waals surface area contributed by atoms with E-state index in [0.717, 1.165) is 16.2 Å². The summed E-state index contributed by atoms with van der Waals surface area (Å²) >= 11 is 3.39. The molecule has 1 N–H and O–H groups in total. The van der Waals surface area contributed by atoms with Crippen molar-refractivity contribution >= 4 is 21.6 Å². The number of hydrogen-bond acceptors (Lipinski definition) is 2. The normalized spacial score (nSPS) is 17.3. The first-order chi connectivity index (χ1) is 9.15. The van der Waals surface area contributed by atoms with E-state index in [0.29, 0.717) is 17.9 Å².